The lowest BCUT2D eigenvalue weighted by molar-refractivity contribution is -0.124. The summed E-state index contributed by atoms with van der Waals surface area (Å²) in [6, 6.07) is 12.5. The number of hydrogen-bond acceptors (Lipinski definition) is 4. The van der Waals surface area contributed by atoms with Gasteiger partial charge in [0.2, 0.25) is 0 Å². The minimum atomic E-state index is -0.596. The van der Waals surface area contributed by atoms with E-state index in [1.165, 1.54) is 12.1 Å². The van der Waals surface area contributed by atoms with Crippen LogP contribution in [0.2, 0.25) is 0 Å². The number of amides is 1. The third-order valence-electron chi connectivity index (χ3n) is 3.77. The van der Waals surface area contributed by atoms with Crippen LogP contribution in [0, 0.1) is 11.7 Å². The Hall–Kier alpha value is -2.89. The van der Waals surface area contributed by atoms with Crippen molar-refractivity contribution in [3.8, 4) is 5.75 Å². The molecule has 0 heterocycles. The third kappa shape index (κ3) is 7.48. The van der Waals surface area contributed by atoms with Crippen LogP contribution in [0.1, 0.15) is 36.2 Å². The summed E-state index contributed by atoms with van der Waals surface area (Å²) < 4.78 is 23.5. The first-order chi connectivity index (χ1) is 12.9. The van der Waals surface area contributed by atoms with Crippen molar-refractivity contribution in [1.82, 2.24) is 5.32 Å². The normalized spacial score (nSPS) is 10.5. The van der Waals surface area contributed by atoms with Gasteiger partial charge in [-0.05, 0) is 48.2 Å². The first-order valence-corrected chi connectivity index (χ1v) is 8.85. The second kappa shape index (κ2) is 10.3. The van der Waals surface area contributed by atoms with Crippen molar-refractivity contribution in [3.05, 3.63) is 65.5 Å². The molecule has 27 heavy (non-hydrogen) atoms. The van der Waals surface area contributed by atoms with Crippen LogP contribution >= 0.6 is 0 Å². The maximum absolute atomic E-state index is 12.9. The number of halogens is 1. The molecule has 0 fully saturated rings. The van der Waals surface area contributed by atoms with Gasteiger partial charge in [-0.2, -0.15) is 0 Å². The number of nitrogens with one attached hydrogen (secondary N) is 1. The van der Waals surface area contributed by atoms with E-state index in [1.54, 1.807) is 36.4 Å². The summed E-state index contributed by atoms with van der Waals surface area (Å²) in [5.74, 6) is -0.258. The van der Waals surface area contributed by atoms with Crippen LogP contribution in [0.25, 0.3) is 0 Å². The molecule has 1 amide bonds. The molecule has 0 spiro atoms. The van der Waals surface area contributed by atoms with Gasteiger partial charge in [0.25, 0.3) is 5.91 Å². The highest BCUT2D eigenvalue weighted by Gasteiger charge is 2.11. The second-order valence-electron chi connectivity index (χ2n) is 6.55. The highest BCUT2D eigenvalue weighted by Crippen LogP contribution is 2.16. The van der Waals surface area contributed by atoms with Crippen LogP contribution in [0.3, 0.4) is 0 Å². The van der Waals surface area contributed by atoms with E-state index in [-0.39, 0.29) is 24.9 Å². The highest BCUT2D eigenvalue weighted by molar-refractivity contribution is 5.91. The Morgan fingerprint density at radius 2 is 1.85 bits per heavy atom. The standard InChI is InChI=1S/C21H24FNO4/c1-15(2)10-11-23-20(24)14-27-21(25)17-4-3-5-19(12-17)26-13-16-6-8-18(22)9-7-16/h3-9,12,15H,10-11,13-14H2,1-2H3,(H,23,24). The summed E-state index contributed by atoms with van der Waals surface area (Å²) in [6.45, 7) is 4.62. The molecule has 2 aromatic rings. The number of esters is 1. The average molecular weight is 373 g/mol. The molecule has 0 unspecified atom stereocenters. The molecule has 0 aliphatic carbocycles. The van der Waals surface area contributed by atoms with E-state index in [1.807, 2.05) is 0 Å². The molecule has 0 radical (unpaired) electrons. The van der Waals surface area contributed by atoms with Crippen molar-refractivity contribution in [1.29, 1.82) is 0 Å². The van der Waals surface area contributed by atoms with Gasteiger partial charge in [0.1, 0.15) is 18.2 Å². The van der Waals surface area contributed by atoms with Crippen LogP contribution in [0.15, 0.2) is 48.5 Å². The molecule has 2 rings (SSSR count). The fourth-order valence-corrected chi connectivity index (χ4v) is 2.23. The zero-order chi connectivity index (χ0) is 19.6. The van der Waals surface area contributed by atoms with Gasteiger partial charge in [0.15, 0.2) is 6.61 Å². The third-order valence-corrected chi connectivity index (χ3v) is 3.77. The Labute approximate surface area is 158 Å². The van der Waals surface area contributed by atoms with E-state index in [4.69, 9.17) is 9.47 Å². The van der Waals surface area contributed by atoms with Crippen LogP contribution in [0.5, 0.6) is 5.75 Å². The Morgan fingerprint density at radius 1 is 1.11 bits per heavy atom. The minimum Gasteiger partial charge on any atom is -0.489 e. The zero-order valence-corrected chi connectivity index (χ0v) is 15.5. The van der Waals surface area contributed by atoms with E-state index in [9.17, 15) is 14.0 Å². The first kappa shape index (κ1) is 20.4. The van der Waals surface area contributed by atoms with Gasteiger partial charge in [-0.15, -0.1) is 0 Å². The number of ether oxygens (including phenoxy) is 2. The summed E-state index contributed by atoms with van der Waals surface area (Å²) in [5.41, 5.74) is 1.10. The van der Waals surface area contributed by atoms with Crippen LogP contribution in [0.4, 0.5) is 4.39 Å². The molecule has 0 aliphatic heterocycles. The van der Waals surface area contributed by atoms with Crippen molar-refractivity contribution in [2.45, 2.75) is 26.9 Å². The van der Waals surface area contributed by atoms with E-state index >= 15 is 0 Å². The predicted molar refractivity (Wildman–Crippen MR) is 99.9 cm³/mol. The molecule has 0 bridgehead atoms. The smallest absolute Gasteiger partial charge is 0.338 e. The van der Waals surface area contributed by atoms with Crippen molar-refractivity contribution >= 4 is 11.9 Å². The summed E-state index contributed by atoms with van der Waals surface area (Å²) >= 11 is 0. The minimum absolute atomic E-state index is 0.247. The molecule has 6 heteroatoms. The van der Waals surface area contributed by atoms with Gasteiger partial charge >= 0.3 is 5.97 Å². The van der Waals surface area contributed by atoms with Gasteiger partial charge in [-0.25, -0.2) is 9.18 Å². The SMILES string of the molecule is CC(C)CCNC(=O)COC(=O)c1cccc(OCc2ccc(F)cc2)c1. The largest absolute Gasteiger partial charge is 0.489 e. The molecule has 0 atom stereocenters. The van der Waals surface area contributed by atoms with Crippen molar-refractivity contribution in [2.24, 2.45) is 5.92 Å². The molecular formula is C21H24FNO4. The highest BCUT2D eigenvalue weighted by atomic mass is 19.1. The molecule has 0 saturated carbocycles. The average Bonchev–Trinajstić information content (AvgIpc) is 2.65. The van der Waals surface area contributed by atoms with Crippen molar-refractivity contribution in [3.63, 3.8) is 0 Å². The fourth-order valence-electron chi connectivity index (χ4n) is 2.23. The van der Waals surface area contributed by atoms with E-state index in [0.717, 1.165) is 12.0 Å². The monoisotopic (exact) mass is 373 g/mol. The number of carbonyl (C=O) groups excluding carboxylic acids is 2. The fraction of sp³-hybridized carbons (Fsp3) is 0.333. The number of hydrogen-bond donors (Lipinski definition) is 1. The quantitative estimate of drug-likeness (QED) is 0.681. The Kier molecular flexibility index (Phi) is 7.79. The van der Waals surface area contributed by atoms with Crippen LogP contribution in [-0.4, -0.2) is 25.0 Å². The van der Waals surface area contributed by atoms with Gasteiger partial charge in [-0.1, -0.05) is 32.0 Å². The summed E-state index contributed by atoms with van der Waals surface area (Å²) in [7, 11) is 0. The molecular weight excluding hydrogens is 349 g/mol. The van der Waals surface area contributed by atoms with Gasteiger partial charge in [-0.3, -0.25) is 4.79 Å². The molecule has 0 aromatic heterocycles. The van der Waals surface area contributed by atoms with Gasteiger partial charge < -0.3 is 14.8 Å². The van der Waals surface area contributed by atoms with Crippen molar-refractivity contribution in [2.75, 3.05) is 13.2 Å². The summed E-state index contributed by atoms with van der Waals surface area (Å²) in [5, 5.41) is 2.71. The summed E-state index contributed by atoms with van der Waals surface area (Å²) in [4.78, 5) is 23.8. The zero-order valence-electron chi connectivity index (χ0n) is 15.5. The maximum atomic E-state index is 12.9. The number of benzene rings is 2. The van der Waals surface area contributed by atoms with Crippen LogP contribution in [-0.2, 0) is 16.1 Å². The van der Waals surface area contributed by atoms with E-state index in [2.05, 4.69) is 19.2 Å². The van der Waals surface area contributed by atoms with E-state index < -0.39 is 5.97 Å². The molecule has 0 aliphatic rings. The second-order valence-corrected chi connectivity index (χ2v) is 6.55. The topological polar surface area (TPSA) is 64.6 Å². The molecule has 5 nitrogen and oxygen atoms in total. The van der Waals surface area contributed by atoms with Crippen molar-refractivity contribution < 1.29 is 23.5 Å². The molecule has 2 aromatic carbocycles. The molecule has 1 N–H and O–H groups in total. The van der Waals surface area contributed by atoms with Gasteiger partial charge in [0.05, 0.1) is 5.56 Å². The lowest BCUT2D eigenvalue weighted by Crippen LogP contribution is -2.30. The number of rotatable bonds is 9. The Morgan fingerprint density at radius 3 is 2.56 bits per heavy atom. The summed E-state index contributed by atoms with van der Waals surface area (Å²) in [6.07, 6.45) is 0.868. The van der Waals surface area contributed by atoms with Crippen LogP contribution < -0.4 is 10.1 Å². The predicted octanol–water partition coefficient (Wildman–Crippen LogP) is 3.72. The first-order valence-electron chi connectivity index (χ1n) is 8.85. The number of carbonyl (C=O) groups is 2. The molecule has 0 saturated heterocycles. The lowest BCUT2D eigenvalue weighted by atomic mass is 10.1. The van der Waals surface area contributed by atoms with E-state index in [0.29, 0.717) is 23.8 Å². The maximum Gasteiger partial charge on any atom is 0.338 e. The Bertz CT molecular complexity index is 759. The molecule has 144 valence electrons. The Balaban J connectivity index is 1.82. The van der Waals surface area contributed by atoms with Gasteiger partial charge in [0, 0.05) is 6.54 Å². The lowest BCUT2D eigenvalue weighted by Gasteiger charge is -2.09.